The van der Waals surface area contributed by atoms with Crippen LogP contribution in [0.5, 0.6) is 0 Å². The zero-order valence-electron chi connectivity index (χ0n) is 11.4. The Hall–Kier alpha value is -1.91. The molecule has 2 N–H and O–H groups in total. The van der Waals surface area contributed by atoms with Gasteiger partial charge in [0.25, 0.3) is 10.1 Å². The smallest absolute Gasteiger partial charge is 0.375 e. The van der Waals surface area contributed by atoms with E-state index in [1.165, 1.54) is 18.2 Å². The van der Waals surface area contributed by atoms with Crippen molar-refractivity contribution in [3.05, 3.63) is 18.2 Å². The highest BCUT2D eigenvalue weighted by molar-refractivity contribution is 7.99. The number of ether oxygens (including phenoxy) is 1. The fraction of sp³-hybridized carbons (Fsp3) is 0.250. The van der Waals surface area contributed by atoms with Crippen molar-refractivity contribution >= 4 is 44.7 Å². The van der Waals surface area contributed by atoms with Crippen LogP contribution in [0.3, 0.4) is 0 Å². The molecule has 0 saturated carbocycles. The van der Waals surface area contributed by atoms with Crippen molar-refractivity contribution in [3.8, 4) is 0 Å². The molecule has 2 aromatic rings. The number of hydrogen-bond donors (Lipinski definition) is 2. The van der Waals surface area contributed by atoms with E-state index in [4.69, 9.17) is 4.55 Å². The maximum Gasteiger partial charge on any atom is 0.375 e. The molecule has 1 aromatic carbocycles. The van der Waals surface area contributed by atoms with Gasteiger partial charge in [-0.25, -0.2) is 9.78 Å². The van der Waals surface area contributed by atoms with Crippen LogP contribution >= 0.6 is 11.8 Å². The number of nitrogens with zero attached hydrogens (tertiary/aromatic N) is 1. The fourth-order valence-electron chi connectivity index (χ4n) is 1.60. The average molecular weight is 344 g/mol. The Kier molecular flexibility index (Phi) is 4.84. The highest BCUT2D eigenvalue weighted by Gasteiger charge is 2.17. The third-order valence-electron chi connectivity index (χ3n) is 2.57. The molecular weight excluding hydrogens is 332 g/mol. The molecule has 0 aliphatic carbocycles. The Balaban J connectivity index is 2.13. The Morgan fingerprint density at radius 3 is 2.77 bits per heavy atom. The maximum absolute atomic E-state index is 11.5. The highest BCUT2D eigenvalue weighted by Crippen LogP contribution is 2.22. The molecule has 10 heteroatoms. The number of rotatable bonds is 6. The first-order valence-corrected chi connectivity index (χ1v) is 8.54. The van der Waals surface area contributed by atoms with Crippen molar-refractivity contribution in [2.75, 3.05) is 12.4 Å². The van der Waals surface area contributed by atoms with Gasteiger partial charge in [0.1, 0.15) is 0 Å². The fourth-order valence-corrected chi connectivity index (χ4v) is 2.83. The predicted octanol–water partition coefficient (Wildman–Crippen LogP) is 1.03. The van der Waals surface area contributed by atoms with E-state index in [-0.39, 0.29) is 17.3 Å². The van der Waals surface area contributed by atoms with Crippen LogP contribution in [-0.2, 0) is 24.4 Å². The number of benzene rings is 1. The van der Waals surface area contributed by atoms with Crippen LogP contribution in [0.2, 0.25) is 0 Å². The predicted molar refractivity (Wildman–Crippen MR) is 78.3 cm³/mol. The van der Waals surface area contributed by atoms with E-state index in [0.29, 0.717) is 16.2 Å². The van der Waals surface area contributed by atoms with Crippen molar-refractivity contribution in [1.29, 1.82) is 0 Å². The number of fused-ring (bicyclic) bond motifs is 1. The van der Waals surface area contributed by atoms with Crippen molar-refractivity contribution in [2.45, 2.75) is 17.0 Å². The standard InChI is InChI=1S/C12H12N2O6S2/c1-2-20-11(16)10(15)6-21-12-13-8-4-3-7(22(17,18)19)5-9(8)14-12/h3-5H,2,6H2,1H3,(H,13,14)(H,17,18,19). The zero-order valence-corrected chi connectivity index (χ0v) is 13.0. The Morgan fingerprint density at radius 1 is 1.41 bits per heavy atom. The molecule has 22 heavy (non-hydrogen) atoms. The summed E-state index contributed by atoms with van der Waals surface area (Å²) in [7, 11) is -4.30. The number of esters is 1. The van der Waals surface area contributed by atoms with Crippen molar-refractivity contribution in [1.82, 2.24) is 9.97 Å². The zero-order chi connectivity index (χ0) is 16.3. The number of nitrogens with one attached hydrogen (secondary N) is 1. The quantitative estimate of drug-likeness (QED) is 0.344. The number of aromatic nitrogens is 2. The third kappa shape index (κ3) is 3.84. The van der Waals surface area contributed by atoms with E-state index in [9.17, 15) is 18.0 Å². The van der Waals surface area contributed by atoms with Gasteiger partial charge in [-0.2, -0.15) is 8.42 Å². The van der Waals surface area contributed by atoms with Gasteiger partial charge in [-0.15, -0.1) is 0 Å². The Labute approximate surface area is 130 Å². The monoisotopic (exact) mass is 344 g/mol. The molecule has 1 heterocycles. The topological polar surface area (TPSA) is 126 Å². The molecule has 0 spiro atoms. The van der Waals surface area contributed by atoms with Gasteiger partial charge in [-0.1, -0.05) is 11.8 Å². The van der Waals surface area contributed by atoms with Crippen LogP contribution in [0.4, 0.5) is 0 Å². The molecule has 0 saturated heterocycles. The first kappa shape index (κ1) is 16.5. The number of aromatic amines is 1. The summed E-state index contributed by atoms with van der Waals surface area (Å²) in [5.74, 6) is -1.74. The lowest BCUT2D eigenvalue weighted by Crippen LogP contribution is -2.19. The highest BCUT2D eigenvalue weighted by atomic mass is 32.2. The second-order valence-electron chi connectivity index (χ2n) is 4.13. The van der Waals surface area contributed by atoms with Gasteiger partial charge in [0.05, 0.1) is 28.3 Å². The van der Waals surface area contributed by atoms with E-state index < -0.39 is 21.9 Å². The molecular formula is C12H12N2O6S2. The summed E-state index contributed by atoms with van der Waals surface area (Å²) in [4.78, 5) is 29.3. The number of carbonyl (C=O) groups excluding carboxylic acids is 2. The lowest BCUT2D eigenvalue weighted by Gasteiger charge is -1.98. The summed E-state index contributed by atoms with van der Waals surface area (Å²) in [6.45, 7) is 1.72. The van der Waals surface area contributed by atoms with Gasteiger partial charge in [0, 0.05) is 0 Å². The summed E-state index contributed by atoms with van der Waals surface area (Å²) in [5.41, 5.74) is 0.861. The SMILES string of the molecule is CCOC(=O)C(=O)CSc1nc2cc(S(=O)(=O)O)ccc2[nH]1. The minimum atomic E-state index is -4.30. The van der Waals surface area contributed by atoms with E-state index in [1.54, 1.807) is 6.92 Å². The van der Waals surface area contributed by atoms with E-state index in [1.807, 2.05) is 0 Å². The molecule has 0 fully saturated rings. The average Bonchev–Trinajstić information content (AvgIpc) is 2.85. The van der Waals surface area contributed by atoms with Crippen LogP contribution in [0.15, 0.2) is 28.3 Å². The third-order valence-corrected chi connectivity index (χ3v) is 4.30. The summed E-state index contributed by atoms with van der Waals surface area (Å²) in [6.07, 6.45) is 0. The van der Waals surface area contributed by atoms with E-state index in [0.717, 1.165) is 11.8 Å². The van der Waals surface area contributed by atoms with Gasteiger partial charge in [-0.05, 0) is 25.1 Å². The largest absolute Gasteiger partial charge is 0.460 e. The van der Waals surface area contributed by atoms with Gasteiger partial charge in [-0.3, -0.25) is 9.35 Å². The summed E-state index contributed by atoms with van der Waals surface area (Å²) in [5, 5.41) is 0.347. The van der Waals surface area contributed by atoms with Crippen molar-refractivity contribution in [3.63, 3.8) is 0 Å². The molecule has 0 radical (unpaired) electrons. The van der Waals surface area contributed by atoms with Crippen LogP contribution in [-0.4, -0.2) is 47.1 Å². The van der Waals surface area contributed by atoms with E-state index >= 15 is 0 Å². The van der Waals surface area contributed by atoms with Crippen LogP contribution in [0.25, 0.3) is 11.0 Å². The lowest BCUT2D eigenvalue weighted by atomic mass is 10.3. The number of imidazole rings is 1. The number of thioether (sulfide) groups is 1. The number of ketones is 1. The maximum atomic E-state index is 11.5. The first-order chi connectivity index (χ1) is 10.3. The molecule has 1 aromatic heterocycles. The first-order valence-electron chi connectivity index (χ1n) is 6.11. The molecule has 0 aliphatic rings. The Bertz CT molecular complexity index is 827. The molecule has 0 amide bonds. The number of H-pyrrole nitrogens is 1. The van der Waals surface area contributed by atoms with Crippen LogP contribution < -0.4 is 0 Å². The summed E-state index contributed by atoms with van der Waals surface area (Å²) >= 11 is 0.993. The Morgan fingerprint density at radius 2 is 2.14 bits per heavy atom. The molecule has 8 nitrogen and oxygen atoms in total. The summed E-state index contributed by atoms with van der Waals surface area (Å²) in [6, 6.07) is 3.88. The normalized spacial score (nSPS) is 11.5. The van der Waals surface area contributed by atoms with Gasteiger partial charge >= 0.3 is 5.97 Å². The van der Waals surface area contributed by atoms with E-state index in [2.05, 4.69) is 14.7 Å². The molecule has 2 rings (SSSR count). The lowest BCUT2D eigenvalue weighted by molar-refractivity contribution is -0.152. The summed E-state index contributed by atoms with van der Waals surface area (Å²) < 4.78 is 35.7. The molecule has 0 unspecified atom stereocenters. The van der Waals surface area contributed by atoms with Gasteiger partial charge < -0.3 is 9.72 Å². The van der Waals surface area contributed by atoms with Gasteiger partial charge in [0.2, 0.25) is 5.78 Å². The molecule has 0 atom stereocenters. The number of hydrogen-bond acceptors (Lipinski definition) is 7. The molecule has 0 aliphatic heterocycles. The minimum absolute atomic E-state index is 0.123. The second-order valence-corrected chi connectivity index (χ2v) is 6.51. The van der Waals surface area contributed by atoms with Gasteiger partial charge in [0.15, 0.2) is 5.16 Å². The molecule has 118 valence electrons. The number of carbonyl (C=O) groups is 2. The van der Waals surface area contributed by atoms with Crippen molar-refractivity contribution in [2.24, 2.45) is 0 Å². The minimum Gasteiger partial charge on any atom is -0.460 e. The van der Waals surface area contributed by atoms with Crippen LogP contribution in [0.1, 0.15) is 6.92 Å². The van der Waals surface area contributed by atoms with Crippen LogP contribution in [0, 0.1) is 0 Å². The second kappa shape index (κ2) is 6.46. The number of Topliss-reactive ketones (excluding diaryl/α,β-unsaturated/α-hetero) is 1. The molecule has 0 bridgehead atoms. The van der Waals surface area contributed by atoms with Crippen molar-refractivity contribution < 1.29 is 27.3 Å².